The van der Waals surface area contributed by atoms with Gasteiger partial charge in [0.05, 0.1) is 6.04 Å². The second-order valence-corrected chi connectivity index (χ2v) is 7.27. The molecule has 0 bridgehead atoms. The number of carbonyl (C=O) groups is 3. The quantitative estimate of drug-likeness (QED) is 0.342. The van der Waals surface area contributed by atoms with Gasteiger partial charge in [-0.1, -0.05) is 60.7 Å². The van der Waals surface area contributed by atoms with Gasteiger partial charge >= 0.3 is 12.0 Å². The van der Waals surface area contributed by atoms with Gasteiger partial charge < -0.3 is 21.1 Å². The van der Waals surface area contributed by atoms with Crippen molar-refractivity contribution in [2.75, 3.05) is 6.54 Å². The number of benzene rings is 2. The Morgan fingerprint density at radius 1 is 0.938 bits per heavy atom. The number of ether oxygens (including phenoxy) is 1. The van der Waals surface area contributed by atoms with Crippen LogP contribution in [-0.2, 0) is 27.4 Å². The number of carbonyl (C=O) groups excluding carboxylic acids is 3. The van der Waals surface area contributed by atoms with Crippen LogP contribution in [0, 0.1) is 4.91 Å². The van der Waals surface area contributed by atoms with Crippen LogP contribution in [-0.4, -0.2) is 36.5 Å². The number of unbranched alkanes of at least 4 members (excludes halogenated alkanes) is 1. The van der Waals surface area contributed by atoms with Gasteiger partial charge in [-0.3, -0.25) is 9.59 Å². The van der Waals surface area contributed by atoms with E-state index in [0.717, 1.165) is 11.1 Å². The third-order valence-electron chi connectivity index (χ3n) is 4.74. The van der Waals surface area contributed by atoms with Crippen molar-refractivity contribution < 1.29 is 19.1 Å². The highest BCUT2D eigenvalue weighted by molar-refractivity contribution is 5.90. The maximum absolute atomic E-state index is 12.3. The van der Waals surface area contributed by atoms with E-state index in [9.17, 15) is 19.3 Å². The maximum Gasteiger partial charge on any atom is 0.407 e. The molecular weight excluding hydrogens is 412 g/mol. The van der Waals surface area contributed by atoms with Crippen LogP contribution in [0.15, 0.2) is 65.8 Å². The fraction of sp³-hybridized carbons (Fsp3) is 0.348. The Labute approximate surface area is 186 Å². The highest BCUT2D eigenvalue weighted by Crippen LogP contribution is 2.06. The molecule has 4 N–H and O–H groups in total. The molecule has 0 aliphatic carbocycles. The molecule has 2 rings (SSSR count). The number of rotatable bonds is 12. The monoisotopic (exact) mass is 440 g/mol. The van der Waals surface area contributed by atoms with Gasteiger partial charge in [0.15, 0.2) is 0 Å². The fourth-order valence-corrected chi connectivity index (χ4v) is 3.00. The average Bonchev–Trinajstić information content (AvgIpc) is 2.82. The summed E-state index contributed by atoms with van der Waals surface area (Å²) in [6.45, 7) is 0.494. The minimum atomic E-state index is -1.05. The summed E-state index contributed by atoms with van der Waals surface area (Å²) in [4.78, 5) is 46.6. The van der Waals surface area contributed by atoms with Crippen molar-refractivity contribution in [2.24, 2.45) is 10.9 Å². The highest BCUT2D eigenvalue weighted by Gasteiger charge is 2.24. The molecule has 0 radical (unpaired) electrons. The Morgan fingerprint density at radius 3 is 2.19 bits per heavy atom. The first-order valence-electron chi connectivity index (χ1n) is 10.4. The molecule has 0 aliphatic heterocycles. The summed E-state index contributed by atoms with van der Waals surface area (Å²) in [5, 5.41) is 7.56. The highest BCUT2D eigenvalue weighted by atomic mass is 16.5. The van der Waals surface area contributed by atoms with Gasteiger partial charge in [0, 0.05) is 11.7 Å². The van der Waals surface area contributed by atoms with E-state index in [-0.39, 0.29) is 13.0 Å². The van der Waals surface area contributed by atoms with Crippen molar-refractivity contribution in [3.63, 3.8) is 0 Å². The van der Waals surface area contributed by atoms with E-state index in [1.54, 1.807) is 0 Å². The van der Waals surface area contributed by atoms with Crippen LogP contribution < -0.4 is 16.4 Å². The first-order chi connectivity index (χ1) is 15.5. The molecular formula is C23H28N4O5. The fourth-order valence-electron chi connectivity index (χ4n) is 3.00. The predicted octanol–water partition coefficient (Wildman–Crippen LogP) is 2.43. The van der Waals surface area contributed by atoms with Crippen LogP contribution in [0.5, 0.6) is 0 Å². The molecule has 0 aliphatic rings. The lowest BCUT2D eigenvalue weighted by Gasteiger charge is -2.18. The molecule has 2 aromatic rings. The summed E-state index contributed by atoms with van der Waals surface area (Å²) >= 11 is 0. The number of nitrogens with one attached hydrogen (secondary N) is 2. The molecule has 0 saturated heterocycles. The Kier molecular flexibility index (Phi) is 10.5. The number of hydrogen-bond donors (Lipinski definition) is 3. The van der Waals surface area contributed by atoms with Crippen LogP contribution in [0.3, 0.4) is 0 Å². The lowest BCUT2D eigenvalue weighted by Crippen LogP contribution is -2.48. The third-order valence-corrected chi connectivity index (χ3v) is 4.74. The topological polar surface area (TPSA) is 140 Å². The van der Waals surface area contributed by atoms with Crippen molar-refractivity contribution in [1.29, 1.82) is 0 Å². The normalized spacial score (nSPS) is 12.3. The van der Waals surface area contributed by atoms with E-state index in [4.69, 9.17) is 10.5 Å². The van der Waals surface area contributed by atoms with E-state index < -0.39 is 30.0 Å². The largest absolute Gasteiger partial charge is 0.445 e. The summed E-state index contributed by atoms with van der Waals surface area (Å²) < 4.78 is 5.11. The molecule has 2 atom stereocenters. The zero-order valence-corrected chi connectivity index (χ0v) is 17.7. The van der Waals surface area contributed by atoms with E-state index >= 15 is 0 Å². The Hall–Kier alpha value is -3.59. The summed E-state index contributed by atoms with van der Waals surface area (Å²) in [7, 11) is 0. The van der Waals surface area contributed by atoms with Crippen LogP contribution in [0.1, 0.15) is 30.4 Å². The Bertz CT molecular complexity index is 876. The minimum Gasteiger partial charge on any atom is -0.445 e. The van der Waals surface area contributed by atoms with Crippen LogP contribution in [0.4, 0.5) is 4.79 Å². The molecule has 9 heteroatoms. The summed E-state index contributed by atoms with van der Waals surface area (Å²) in [6.07, 6.45) is 0.955. The van der Waals surface area contributed by atoms with E-state index in [2.05, 4.69) is 15.8 Å². The number of nitrogens with two attached hydrogens (primary N) is 1. The van der Waals surface area contributed by atoms with Crippen LogP contribution in [0.25, 0.3) is 0 Å². The molecule has 3 amide bonds. The standard InChI is InChI=1S/C23H28N4O5/c24-19(15-17-9-3-1-4-10-17)21(28)26-20(22(29)27-31)13-7-8-14-25-23(30)32-16-18-11-5-2-6-12-18/h1-6,9-12,19-20H,7-8,13-16,24H2,(H,25,30)(H,26,28)/t19-,20-/m0/s1. The Balaban J connectivity index is 1.69. The zero-order chi connectivity index (χ0) is 23.2. The van der Waals surface area contributed by atoms with Gasteiger partial charge in [0.1, 0.15) is 12.6 Å². The molecule has 0 aromatic heterocycles. The van der Waals surface area contributed by atoms with Crippen molar-refractivity contribution in [3.05, 3.63) is 76.7 Å². The average molecular weight is 441 g/mol. The van der Waals surface area contributed by atoms with Gasteiger partial charge in [-0.2, -0.15) is 0 Å². The van der Waals surface area contributed by atoms with Gasteiger partial charge in [-0.15, -0.1) is 4.91 Å². The third kappa shape index (κ3) is 9.05. The predicted molar refractivity (Wildman–Crippen MR) is 119 cm³/mol. The lowest BCUT2D eigenvalue weighted by molar-refractivity contribution is -0.128. The van der Waals surface area contributed by atoms with Gasteiger partial charge in [-0.05, 0) is 36.8 Å². The molecule has 0 saturated carbocycles. The molecule has 0 fully saturated rings. The number of nitroso groups, excluding NO2 is 1. The Morgan fingerprint density at radius 2 is 1.56 bits per heavy atom. The number of amides is 3. The molecule has 170 valence electrons. The van der Waals surface area contributed by atoms with Gasteiger partial charge in [0.2, 0.25) is 5.91 Å². The van der Waals surface area contributed by atoms with Crippen molar-refractivity contribution in [1.82, 2.24) is 10.6 Å². The van der Waals surface area contributed by atoms with Crippen LogP contribution >= 0.6 is 0 Å². The lowest BCUT2D eigenvalue weighted by atomic mass is 10.0. The first-order valence-corrected chi connectivity index (χ1v) is 10.4. The summed E-state index contributed by atoms with van der Waals surface area (Å²) in [5.41, 5.74) is 7.69. The summed E-state index contributed by atoms with van der Waals surface area (Å²) in [6, 6.07) is 16.6. The smallest absolute Gasteiger partial charge is 0.407 e. The minimum absolute atomic E-state index is 0.170. The summed E-state index contributed by atoms with van der Waals surface area (Å²) in [5.74, 6) is -1.49. The molecule has 0 heterocycles. The maximum atomic E-state index is 12.3. The second-order valence-electron chi connectivity index (χ2n) is 7.27. The molecule has 0 unspecified atom stereocenters. The van der Waals surface area contributed by atoms with Crippen LogP contribution in [0.2, 0.25) is 0 Å². The first kappa shape index (κ1) is 24.7. The van der Waals surface area contributed by atoms with E-state index in [1.165, 1.54) is 0 Å². The van der Waals surface area contributed by atoms with E-state index in [0.29, 0.717) is 25.8 Å². The number of alkyl carbamates (subject to hydrolysis) is 1. The molecule has 9 nitrogen and oxygen atoms in total. The van der Waals surface area contributed by atoms with Crippen molar-refractivity contribution in [2.45, 2.75) is 44.4 Å². The molecule has 32 heavy (non-hydrogen) atoms. The number of hydrogen-bond acceptors (Lipinski definition) is 6. The molecule has 0 spiro atoms. The van der Waals surface area contributed by atoms with Gasteiger partial charge in [0.25, 0.3) is 0 Å². The SMILES string of the molecule is N[C@@H](Cc1ccccc1)C(=O)N[C@@H](CCCCNC(=O)OCc1ccccc1)C(=O)N=O. The second kappa shape index (κ2) is 13.7. The van der Waals surface area contributed by atoms with E-state index in [1.807, 2.05) is 60.7 Å². The van der Waals surface area contributed by atoms with Crippen molar-refractivity contribution in [3.8, 4) is 0 Å². The number of nitrogens with zero attached hydrogens (tertiary/aromatic N) is 1. The van der Waals surface area contributed by atoms with Gasteiger partial charge in [-0.25, -0.2) is 4.79 Å². The zero-order valence-electron chi connectivity index (χ0n) is 17.7. The molecule has 2 aromatic carbocycles. The van der Waals surface area contributed by atoms with Crippen molar-refractivity contribution >= 4 is 17.9 Å².